The number of esters is 1. The number of hydrogen-bond donors (Lipinski definition) is 3. The third-order valence-corrected chi connectivity index (χ3v) is 10.3. The van der Waals surface area contributed by atoms with Crippen molar-refractivity contribution in [3.63, 3.8) is 0 Å². The lowest BCUT2D eigenvalue weighted by molar-refractivity contribution is -0.0948. The molecule has 0 amide bonds. The van der Waals surface area contributed by atoms with E-state index in [1.165, 1.54) is 0 Å². The number of benzene rings is 4. The number of rotatable bonds is 14. The van der Waals surface area contributed by atoms with Crippen LogP contribution < -0.4 is 14.9 Å². The lowest BCUT2D eigenvalue weighted by atomic mass is 9.86. The number of H-pyrrole nitrogens is 1. The summed E-state index contributed by atoms with van der Waals surface area (Å²) in [7, 11) is 3.65. The molecule has 0 saturated carbocycles. The van der Waals surface area contributed by atoms with Crippen LogP contribution in [0.3, 0.4) is 0 Å². The van der Waals surface area contributed by atoms with Crippen LogP contribution in [-0.2, 0) is 26.2 Å². The molecular weight excluding hydrogens is 658 g/mol. The summed E-state index contributed by atoms with van der Waals surface area (Å²) in [5, 5.41) is 15.5. The molecule has 2 aliphatic rings. The molecule has 1 aromatic heterocycles. The van der Waals surface area contributed by atoms with Crippen LogP contribution in [0.5, 0.6) is 11.5 Å². The number of hydrazine groups is 1. The number of carbonyl (C=O) groups excluding carboxylic acids is 1. The van der Waals surface area contributed by atoms with Gasteiger partial charge in [0.1, 0.15) is 23.8 Å². The van der Waals surface area contributed by atoms with Crippen LogP contribution in [0, 0.1) is 0 Å². The van der Waals surface area contributed by atoms with Crippen LogP contribution in [-0.4, -0.2) is 80.9 Å². The summed E-state index contributed by atoms with van der Waals surface area (Å²) >= 11 is 0. The number of aliphatic hydroxyl groups excluding tert-OH is 1. The zero-order valence-electron chi connectivity index (χ0n) is 30.1. The van der Waals surface area contributed by atoms with Gasteiger partial charge in [-0.3, -0.25) is 0 Å². The first-order chi connectivity index (χ1) is 25.5. The first-order valence-corrected chi connectivity index (χ1v) is 18.1. The minimum absolute atomic E-state index is 0.174. The lowest BCUT2D eigenvalue weighted by Gasteiger charge is -2.36. The summed E-state index contributed by atoms with van der Waals surface area (Å²) in [5.41, 5.74) is 8.87. The van der Waals surface area contributed by atoms with E-state index in [2.05, 4.69) is 40.7 Å². The van der Waals surface area contributed by atoms with Crippen molar-refractivity contribution in [1.82, 2.24) is 15.4 Å². The fraction of sp³-hybridized carbons (Fsp3) is 0.357. The van der Waals surface area contributed by atoms with Gasteiger partial charge in [-0.2, -0.15) is 0 Å². The average Bonchev–Trinajstić information content (AvgIpc) is 3.72. The van der Waals surface area contributed by atoms with E-state index in [0.29, 0.717) is 45.0 Å². The third kappa shape index (κ3) is 6.99. The van der Waals surface area contributed by atoms with E-state index in [9.17, 15) is 9.90 Å². The number of nitrogens with one attached hydrogen (secondary N) is 2. The molecule has 2 aliphatic heterocycles. The van der Waals surface area contributed by atoms with Gasteiger partial charge >= 0.3 is 5.97 Å². The number of aliphatic hydroxyl groups is 1. The van der Waals surface area contributed by atoms with Gasteiger partial charge in [-0.05, 0) is 54.5 Å². The van der Waals surface area contributed by atoms with Crippen molar-refractivity contribution < 1.29 is 33.6 Å². The maximum atomic E-state index is 13.3. The Labute approximate surface area is 304 Å². The number of aryl methyl sites for hydroxylation is 1. The molecule has 1 fully saturated rings. The molecular formula is C42H47N3O7. The first kappa shape index (κ1) is 35.5. The fourth-order valence-corrected chi connectivity index (χ4v) is 7.65. The number of para-hydroxylation sites is 1. The molecule has 1 atom stereocenters. The monoisotopic (exact) mass is 705 g/mol. The summed E-state index contributed by atoms with van der Waals surface area (Å²) in [5.74, 6) is 1.18. The number of methoxy groups -OCH3 is 1. The number of aromatic amines is 1. The van der Waals surface area contributed by atoms with Crippen molar-refractivity contribution in [2.75, 3.05) is 53.8 Å². The van der Waals surface area contributed by atoms with Crippen molar-refractivity contribution in [3.8, 4) is 11.5 Å². The van der Waals surface area contributed by atoms with Gasteiger partial charge < -0.3 is 38.8 Å². The van der Waals surface area contributed by atoms with E-state index in [4.69, 9.17) is 23.7 Å². The number of carbonyl (C=O) groups is 1. The molecule has 0 radical (unpaired) electrons. The number of aromatic nitrogens is 1. The van der Waals surface area contributed by atoms with Gasteiger partial charge in [-0.25, -0.2) is 10.2 Å². The molecule has 0 aliphatic carbocycles. The van der Waals surface area contributed by atoms with Crippen LogP contribution in [0.15, 0.2) is 90.6 Å². The molecule has 1 unspecified atom stereocenters. The second-order valence-electron chi connectivity index (χ2n) is 13.3. The van der Waals surface area contributed by atoms with Crippen LogP contribution in [0.1, 0.15) is 53.4 Å². The van der Waals surface area contributed by atoms with E-state index in [1.807, 2.05) is 66.7 Å². The Balaban J connectivity index is 1.13. The van der Waals surface area contributed by atoms with Gasteiger partial charge in [0, 0.05) is 62.1 Å². The van der Waals surface area contributed by atoms with Crippen molar-refractivity contribution in [3.05, 3.63) is 113 Å². The van der Waals surface area contributed by atoms with E-state index in [0.717, 1.165) is 74.0 Å². The van der Waals surface area contributed by atoms with Crippen LogP contribution >= 0.6 is 0 Å². The quantitative estimate of drug-likeness (QED) is 0.0852. The van der Waals surface area contributed by atoms with Crippen LogP contribution in [0.4, 0.5) is 0 Å². The Morgan fingerprint density at radius 1 is 0.962 bits per heavy atom. The summed E-state index contributed by atoms with van der Waals surface area (Å²) in [6, 6.07) is 28.1. The fourth-order valence-electron chi connectivity index (χ4n) is 7.65. The second kappa shape index (κ2) is 15.8. The predicted molar refractivity (Wildman–Crippen MR) is 201 cm³/mol. The summed E-state index contributed by atoms with van der Waals surface area (Å²) in [6.45, 7) is 4.04. The maximum Gasteiger partial charge on any atom is 0.355 e. The standard InChI is InChI=1S/C42H47N3O7/c1-4-50-41(47)40-33(15-9-23-51-37-16-7-11-28-10-5-6-12-31(28)37)32-13-8-14-34(39(32)43-40)38-35(44-45(2)36(38)26-46)27-52-30-19-17-29(18-20-30)42(48-3)21-24-49-25-22-42/h5-8,10-14,16-20,35,43-44,46H,4,9,15,21-27H2,1-3H3. The minimum atomic E-state index is -0.396. The molecule has 0 bridgehead atoms. The van der Waals surface area contributed by atoms with Gasteiger partial charge in [0.2, 0.25) is 0 Å². The number of likely N-dealkylation sites (N-methyl/N-ethyl adjacent to an activating group) is 1. The predicted octanol–water partition coefficient (Wildman–Crippen LogP) is 6.76. The molecule has 1 saturated heterocycles. The number of ether oxygens (including phenoxy) is 5. The van der Waals surface area contributed by atoms with Gasteiger partial charge in [0.15, 0.2) is 0 Å². The van der Waals surface area contributed by atoms with Crippen LogP contribution in [0.2, 0.25) is 0 Å². The van der Waals surface area contributed by atoms with Crippen LogP contribution in [0.25, 0.3) is 27.2 Å². The molecule has 10 nitrogen and oxygen atoms in total. The summed E-state index contributed by atoms with van der Waals surface area (Å²) in [6.07, 6.45) is 2.91. The molecule has 4 aromatic carbocycles. The molecule has 10 heteroatoms. The van der Waals surface area contributed by atoms with E-state index in [-0.39, 0.29) is 24.9 Å². The highest BCUT2D eigenvalue weighted by Gasteiger charge is 2.35. The highest BCUT2D eigenvalue weighted by molar-refractivity contribution is 6.02. The van der Waals surface area contributed by atoms with Crippen molar-refractivity contribution in [2.45, 2.75) is 44.2 Å². The van der Waals surface area contributed by atoms with Gasteiger partial charge in [0.05, 0.1) is 42.7 Å². The second-order valence-corrected chi connectivity index (χ2v) is 13.3. The first-order valence-electron chi connectivity index (χ1n) is 18.1. The van der Waals surface area contributed by atoms with E-state index < -0.39 is 5.97 Å². The van der Waals surface area contributed by atoms with E-state index >= 15 is 0 Å². The number of fused-ring (bicyclic) bond motifs is 2. The minimum Gasteiger partial charge on any atom is -0.493 e. The molecule has 0 spiro atoms. The highest BCUT2D eigenvalue weighted by atomic mass is 16.5. The Morgan fingerprint density at radius 3 is 2.48 bits per heavy atom. The topological polar surface area (TPSA) is 115 Å². The smallest absolute Gasteiger partial charge is 0.355 e. The third-order valence-electron chi connectivity index (χ3n) is 10.3. The average molecular weight is 706 g/mol. The number of nitrogens with zero attached hydrogens (tertiary/aromatic N) is 1. The molecule has 7 rings (SSSR count). The highest BCUT2D eigenvalue weighted by Crippen LogP contribution is 2.38. The maximum absolute atomic E-state index is 13.3. The largest absolute Gasteiger partial charge is 0.493 e. The Bertz CT molecular complexity index is 2040. The summed E-state index contributed by atoms with van der Waals surface area (Å²) in [4.78, 5) is 16.8. The molecule has 272 valence electrons. The van der Waals surface area contributed by atoms with E-state index in [1.54, 1.807) is 14.0 Å². The van der Waals surface area contributed by atoms with Gasteiger partial charge in [-0.15, -0.1) is 0 Å². The van der Waals surface area contributed by atoms with Crippen molar-refractivity contribution >= 4 is 33.2 Å². The zero-order chi connectivity index (χ0) is 36.1. The normalized spacial score (nSPS) is 17.2. The zero-order valence-corrected chi connectivity index (χ0v) is 30.1. The molecule has 52 heavy (non-hydrogen) atoms. The van der Waals surface area contributed by atoms with Gasteiger partial charge in [-0.1, -0.05) is 66.7 Å². The molecule has 3 heterocycles. The lowest BCUT2D eigenvalue weighted by Crippen LogP contribution is -2.38. The Kier molecular flexibility index (Phi) is 10.8. The summed E-state index contributed by atoms with van der Waals surface area (Å²) < 4.78 is 29.7. The van der Waals surface area contributed by atoms with Crippen molar-refractivity contribution in [2.24, 2.45) is 0 Å². The Morgan fingerprint density at radius 2 is 1.71 bits per heavy atom. The Hall–Kier alpha value is -4.87. The molecule has 3 N–H and O–H groups in total. The number of hydrogen-bond acceptors (Lipinski definition) is 9. The van der Waals surface area contributed by atoms with Crippen molar-refractivity contribution in [1.29, 1.82) is 0 Å². The van der Waals surface area contributed by atoms with Gasteiger partial charge in [0.25, 0.3) is 0 Å². The SMILES string of the molecule is CCOC(=O)c1[nH]c2c(C3=C(CO)N(C)NC3COc3ccc(C4(OC)CCOCC4)cc3)cccc2c1CCCOc1cccc2ccccc12. The molecule has 5 aromatic rings.